The number of ether oxygens (including phenoxy) is 1. The molecule has 0 spiro atoms. The predicted octanol–water partition coefficient (Wildman–Crippen LogP) is 3.36. The number of carbonyl (C=O) groups is 1. The molecular formula is C22H22N4O4. The van der Waals surface area contributed by atoms with Crippen LogP contribution in [0.2, 0.25) is 0 Å². The molecule has 3 aromatic rings. The molecule has 1 saturated heterocycles. The molecule has 0 aliphatic carbocycles. The lowest BCUT2D eigenvalue weighted by Gasteiger charge is -2.33. The van der Waals surface area contributed by atoms with Crippen molar-refractivity contribution in [2.45, 2.75) is 20.5 Å². The van der Waals surface area contributed by atoms with Crippen LogP contribution in [-0.4, -0.2) is 42.0 Å². The SMILES string of the molecule is CC(=O)N1CCN(c2oc(-c3ccc(COc4cccc(C)c4)o3)nc2C#N)CC1. The number of oxazole rings is 1. The topological polar surface area (TPSA) is 95.7 Å². The van der Waals surface area contributed by atoms with Crippen molar-refractivity contribution in [1.82, 2.24) is 9.88 Å². The van der Waals surface area contributed by atoms with Crippen molar-refractivity contribution in [2.75, 3.05) is 31.1 Å². The molecular weight excluding hydrogens is 384 g/mol. The molecule has 1 fully saturated rings. The summed E-state index contributed by atoms with van der Waals surface area (Å²) < 4.78 is 17.4. The van der Waals surface area contributed by atoms with E-state index in [1.165, 1.54) is 0 Å². The van der Waals surface area contributed by atoms with Crippen LogP contribution in [0, 0.1) is 18.3 Å². The lowest BCUT2D eigenvalue weighted by Crippen LogP contribution is -2.48. The number of nitrogens with zero attached hydrogens (tertiary/aromatic N) is 4. The largest absolute Gasteiger partial charge is 0.486 e. The standard InChI is InChI=1S/C22H22N4O4/c1-15-4-3-5-17(12-15)28-14-18-6-7-20(29-18)21-24-19(13-23)22(30-21)26-10-8-25(9-11-26)16(2)27/h3-7,12H,8-11,14H2,1-2H3. The van der Waals surface area contributed by atoms with E-state index < -0.39 is 0 Å². The van der Waals surface area contributed by atoms with Crippen LogP contribution in [0.25, 0.3) is 11.7 Å². The van der Waals surface area contributed by atoms with E-state index in [-0.39, 0.29) is 24.1 Å². The maximum Gasteiger partial charge on any atom is 0.266 e. The third-order valence-electron chi connectivity index (χ3n) is 4.97. The first-order valence-corrected chi connectivity index (χ1v) is 9.73. The molecule has 0 N–H and O–H groups in total. The average Bonchev–Trinajstić information content (AvgIpc) is 3.39. The van der Waals surface area contributed by atoms with E-state index in [2.05, 4.69) is 11.1 Å². The van der Waals surface area contributed by atoms with Crippen LogP contribution in [-0.2, 0) is 11.4 Å². The second-order valence-electron chi connectivity index (χ2n) is 7.15. The summed E-state index contributed by atoms with van der Waals surface area (Å²) in [5, 5.41) is 9.47. The summed E-state index contributed by atoms with van der Waals surface area (Å²) in [4.78, 5) is 19.5. The van der Waals surface area contributed by atoms with Gasteiger partial charge in [-0.2, -0.15) is 10.2 Å². The third kappa shape index (κ3) is 4.15. The summed E-state index contributed by atoms with van der Waals surface area (Å²) in [6.45, 7) is 6.15. The highest BCUT2D eigenvalue weighted by Gasteiger charge is 2.26. The maximum atomic E-state index is 11.5. The summed E-state index contributed by atoms with van der Waals surface area (Å²) in [7, 11) is 0. The number of aryl methyl sites for hydroxylation is 1. The molecule has 8 nitrogen and oxygen atoms in total. The first-order valence-electron chi connectivity index (χ1n) is 9.73. The summed E-state index contributed by atoms with van der Waals surface area (Å²) >= 11 is 0. The molecule has 3 heterocycles. The number of piperazine rings is 1. The fraction of sp³-hybridized carbons (Fsp3) is 0.318. The van der Waals surface area contributed by atoms with Crippen molar-refractivity contribution < 1.29 is 18.4 Å². The molecule has 0 saturated carbocycles. The lowest BCUT2D eigenvalue weighted by molar-refractivity contribution is -0.129. The Bertz CT molecular complexity index is 1090. The lowest BCUT2D eigenvalue weighted by atomic mass is 10.2. The Morgan fingerprint density at radius 2 is 2.00 bits per heavy atom. The van der Waals surface area contributed by atoms with E-state index in [1.807, 2.05) is 36.1 Å². The van der Waals surface area contributed by atoms with E-state index in [1.54, 1.807) is 24.0 Å². The van der Waals surface area contributed by atoms with Crippen LogP contribution < -0.4 is 9.64 Å². The molecule has 1 aliphatic heterocycles. The van der Waals surface area contributed by atoms with Gasteiger partial charge in [-0.05, 0) is 36.8 Å². The molecule has 8 heteroatoms. The monoisotopic (exact) mass is 406 g/mol. The van der Waals surface area contributed by atoms with Gasteiger partial charge in [-0.25, -0.2) is 0 Å². The molecule has 1 amide bonds. The number of hydrogen-bond donors (Lipinski definition) is 0. The van der Waals surface area contributed by atoms with Crippen molar-refractivity contribution in [3.05, 3.63) is 53.4 Å². The molecule has 30 heavy (non-hydrogen) atoms. The van der Waals surface area contributed by atoms with Gasteiger partial charge in [0, 0.05) is 33.1 Å². The molecule has 2 aromatic heterocycles. The third-order valence-corrected chi connectivity index (χ3v) is 4.97. The number of nitriles is 1. The van der Waals surface area contributed by atoms with Crippen molar-refractivity contribution in [1.29, 1.82) is 5.26 Å². The van der Waals surface area contributed by atoms with Gasteiger partial charge in [0.25, 0.3) is 5.89 Å². The first-order chi connectivity index (χ1) is 14.5. The molecule has 4 rings (SSSR count). The fourth-order valence-corrected chi connectivity index (χ4v) is 3.36. The molecule has 154 valence electrons. The first kappa shape index (κ1) is 19.6. The highest BCUT2D eigenvalue weighted by molar-refractivity contribution is 5.73. The summed E-state index contributed by atoms with van der Waals surface area (Å²) in [5.41, 5.74) is 1.32. The fourth-order valence-electron chi connectivity index (χ4n) is 3.36. The normalized spacial score (nSPS) is 13.9. The second-order valence-corrected chi connectivity index (χ2v) is 7.15. The Balaban J connectivity index is 1.46. The van der Waals surface area contributed by atoms with Gasteiger partial charge in [0.15, 0.2) is 5.76 Å². The smallest absolute Gasteiger partial charge is 0.266 e. The quantitative estimate of drug-likeness (QED) is 0.641. The molecule has 1 aliphatic rings. The minimum Gasteiger partial charge on any atom is -0.486 e. The van der Waals surface area contributed by atoms with Crippen LogP contribution >= 0.6 is 0 Å². The second kappa shape index (κ2) is 8.33. The van der Waals surface area contributed by atoms with Crippen molar-refractivity contribution in [3.63, 3.8) is 0 Å². The van der Waals surface area contributed by atoms with Gasteiger partial charge in [-0.1, -0.05) is 12.1 Å². The van der Waals surface area contributed by atoms with Crippen LogP contribution in [0.15, 0.2) is 45.2 Å². The summed E-state index contributed by atoms with van der Waals surface area (Å²) in [6.07, 6.45) is 0. The Labute approximate surface area is 174 Å². The zero-order valence-corrected chi connectivity index (χ0v) is 16.9. The van der Waals surface area contributed by atoms with Crippen molar-refractivity contribution in [3.8, 4) is 23.5 Å². The number of benzene rings is 1. The molecule has 0 atom stereocenters. The predicted molar refractivity (Wildman–Crippen MR) is 109 cm³/mol. The van der Waals surface area contributed by atoms with Gasteiger partial charge < -0.3 is 23.4 Å². The van der Waals surface area contributed by atoms with Gasteiger partial charge >= 0.3 is 0 Å². The zero-order chi connectivity index (χ0) is 21.1. The van der Waals surface area contributed by atoms with Gasteiger partial charge in [0.1, 0.15) is 24.2 Å². The van der Waals surface area contributed by atoms with Crippen molar-refractivity contribution >= 4 is 11.8 Å². The Morgan fingerprint density at radius 3 is 2.70 bits per heavy atom. The van der Waals surface area contributed by atoms with E-state index in [0.29, 0.717) is 43.6 Å². The Kier molecular flexibility index (Phi) is 5.44. The number of carbonyl (C=O) groups excluding carboxylic acids is 1. The van der Waals surface area contributed by atoms with E-state index in [0.717, 1.165) is 11.3 Å². The highest BCUT2D eigenvalue weighted by atomic mass is 16.5. The molecule has 0 bridgehead atoms. The molecule has 0 unspecified atom stereocenters. The minimum atomic E-state index is 0.0458. The molecule has 0 radical (unpaired) electrons. The summed E-state index contributed by atoms with van der Waals surface area (Å²) in [5.74, 6) is 2.53. The van der Waals surface area contributed by atoms with Crippen LogP contribution in [0.3, 0.4) is 0 Å². The highest BCUT2D eigenvalue weighted by Crippen LogP contribution is 2.30. The number of rotatable bonds is 5. The van der Waals surface area contributed by atoms with Crippen LogP contribution in [0.1, 0.15) is 23.9 Å². The minimum absolute atomic E-state index is 0.0458. The number of hydrogen-bond acceptors (Lipinski definition) is 7. The zero-order valence-electron chi connectivity index (χ0n) is 16.9. The number of furan rings is 1. The van der Waals surface area contributed by atoms with Gasteiger partial charge in [0.05, 0.1) is 0 Å². The van der Waals surface area contributed by atoms with E-state index >= 15 is 0 Å². The molecule has 1 aromatic carbocycles. The van der Waals surface area contributed by atoms with Crippen molar-refractivity contribution in [2.24, 2.45) is 0 Å². The van der Waals surface area contributed by atoms with Gasteiger partial charge in [0.2, 0.25) is 17.5 Å². The van der Waals surface area contributed by atoms with Crippen LogP contribution in [0.5, 0.6) is 5.75 Å². The summed E-state index contributed by atoms with van der Waals surface area (Å²) in [6, 6.07) is 13.4. The maximum absolute atomic E-state index is 11.5. The van der Waals surface area contributed by atoms with Gasteiger partial charge in [-0.15, -0.1) is 0 Å². The van der Waals surface area contributed by atoms with E-state index in [4.69, 9.17) is 13.6 Å². The van der Waals surface area contributed by atoms with Gasteiger partial charge in [-0.3, -0.25) is 4.79 Å². The average molecular weight is 406 g/mol. The van der Waals surface area contributed by atoms with Crippen LogP contribution in [0.4, 0.5) is 5.88 Å². The number of amides is 1. The Morgan fingerprint density at radius 1 is 1.20 bits per heavy atom. The Hall–Kier alpha value is -3.73. The number of anilines is 1. The number of aromatic nitrogens is 1. The van der Waals surface area contributed by atoms with E-state index in [9.17, 15) is 10.1 Å².